The molecule has 1 aromatic rings. The van der Waals surface area contributed by atoms with E-state index in [-0.39, 0.29) is 17.9 Å². The number of Topliss-reactive ketones (excluding diaryl/α,β-unsaturated/α-hetero) is 1. The van der Waals surface area contributed by atoms with Crippen molar-refractivity contribution >= 4 is 11.8 Å². The van der Waals surface area contributed by atoms with Gasteiger partial charge in [-0.25, -0.2) is 4.79 Å². The molecule has 2 rings (SSSR count). The molecule has 3 heteroatoms. The molecule has 1 saturated carbocycles. The van der Waals surface area contributed by atoms with Crippen LogP contribution in [0, 0.1) is 12.8 Å². The highest BCUT2D eigenvalue weighted by atomic mass is 16.5. The molecule has 0 aliphatic heterocycles. The SMILES string of the molecule is C=C/C=C(\C=C/CC)C(=O)OC1CCC(CCC(=O)c2ccc(C)cc2)CC1. The molecule has 0 aromatic heterocycles. The average molecular weight is 381 g/mol. The molecule has 0 radical (unpaired) electrons. The summed E-state index contributed by atoms with van der Waals surface area (Å²) >= 11 is 0. The number of carbonyl (C=O) groups excluding carboxylic acids is 2. The zero-order valence-electron chi connectivity index (χ0n) is 17.2. The van der Waals surface area contributed by atoms with Crippen LogP contribution in [0.2, 0.25) is 0 Å². The molecule has 1 aliphatic carbocycles. The lowest BCUT2D eigenvalue weighted by Gasteiger charge is -2.28. The van der Waals surface area contributed by atoms with Crippen molar-refractivity contribution in [2.45, 2.75) is 64.9 Å². The summed E-state index contributed by atoms with van der Waals surface area (Å²) < 4.78 is 5.68. The van der Waals surface area contributed by atoms with Crippen molar-refractivity contribution in [3.05, 3.63) is 71.8 Å². The van der Waals surface area contributed by atoms with E-state index in [1.807, 2.05) is 44.2 Å². The summed E-state index contributed by atoms with van der Waals surface area (Å²) in [5.74, 6) is 0.477. The molecule has 28 heavy (non-hydrogen) atoms. The maximum atomic E-state index is 12.4. The Bertz CT molecular complexity index is 717. The second kappa shape index (κ2) is 11.4. The van der Waals surface area contributed by atoms with Gasteiger partial charge in [0.25, 0.3) is 0 Å². The lowest BCUT2D eigenvalue weighted by Crippen LogP contribution is -2.25. The van der Waals surface area contributed by atoms with E-state index in [2.05, 4.69) is 6.58 Å². The lowest BCUT2D eigenvalue weighted by atomic mass is 9.83. The van der Waals surface area contributed by atoms with Gasteiger partial charge < -0.3 is 4.74 Å². The molecule has 3 nitrogen and oxygen atoms in total. The molecule has 0 unspecified atom stereocenters. The van der Waals surface area contributed by atoms with Crippen LogP contribution in [0.1, 0.15) is 67.8 Å². The third kappa shape index (κ3) is 6.95. The summed E-state index contributed by atoms with van der Waals surface area (Å²) in [5.41, 5.74) is 2.51. The summed E-state index contributed by atoms with van der Waals surface area (Å²) in [4.78, 5) is 24.7. The second-order valence-corrected chi connectivity index (χ2v) is 7.54. The molecule has 0 saturated heterocycles. The fourth-order valence-electron chi connectivity index (χ4n) is 3.54. The van der Waals surface area contributed by atoms with E-state index in [1.54, 1.807) is 18.2 Å². The fraction of sp³-hybridized carbons (Fsp3) is 0.440. The molecule has 1 aromatic carbocycles. The van der Waals surface area contributed by atoms with Gasteiger partial charge in [0.2, 0.25) is 0 Å². The van der Waals surface area contributed by atoms with Gasteiger partial charge >= 0.3 is 5.97 Å². The zero-order chi connectivity index (χ0) is 20.4. The number of hydrogen-bond donors (Lipinski definition) is 0. The van der Waals surface area contributed by atoms with Crippen LogP contribution in [0.3, 0.4) is 0 Å². The quantitative estimate of drug-likeness (QED) is 0.224. The zero-order valence-corrected chi connectivity index (χ0v) is 17.2. The first-order valence-electron chi connectivity index (χ1n) is 10.3. The van der Waals surface area contributed by atoms with E-state index >= 15 is 0 Å². The van der Waals surface area contributed by atoms with E-state index in [9.17, 15) is 9.59 Å². The molecule has 150 valence electrons. The molecular weight excluding hydrogens is 348 g/mol. The largest absolute Gasteiger partial charge is 0.459 e. The maximum Gasteiger partial charge on any atom is 0.338 e. The number of hydrogen-bond acceptors (Lipinski definition) is 3. The van der Waals surface area contributed by atoms with Crippen molar-refractivity contribution < 1.29 is 14.3 Å². The second-order valence-electron chi connectivity index (χ2n) is 7.54. The van der Waals surface area contributed by atoms with Crippen LogP contribution in [-0.4, -0.2) is 17.9 Å². The van der Waals surface area contributed by atoms with E-state index < -0.39 is 0 Å². The Balaban J connectivity index is 1.76. The van der Waals surface area contributed by atoms with Crippen molar-refractivity contribution in [2.75, 3.05) is 0 Å². The predicted molar refractivity (Wildman–Crippen MR) is 114 cm³/mol. The van der Waals surface area contributed by atoms with Crippen molar-refractivity contribution in [3.8, 4) is 0 Å². The van der Waals surface area contributed by atoms with E-state index in [4.69, 9.17) is 4.74 Å². The van der Waals surface area contributed by atoms with Gasteiger partial charge in [-0.3, -0.25) is 4.79 Å². The van der Waals surface area contributed by atoms with Gasteiger partial charge in [0.1, 0.15) is 6.10 Å². The maximum absolute atomic E-state index is 12.4. The number of rotatable bonds is 9. The average Bonchev–Trinajstić information content (AvgIpc) is 2.70. The molecule has 0 amide bonds. The fourth-order valence-corrected chi connectivity index (χ4v) is 3.54. The van der Waals surface area contributed by atoms with Gasteiger partial charge in [-0.05, 0) is 57.4 Å². The van der Waals surface area contributed by atoms with Crippen LogP contribution in [0.25, 0.3) is 0 Å². The Hall–Kier alpha value is -2.42. The number of allylic oxidation sites excluding steroid dienone is 3. The summed E-state index contributed by atoms with van der Waals surface area (Å²) in [6, 6.07) is 7.79. The first kappa shape index (κ1) is 21.9. The van der Waals surface area contributed by atoms with Crippen LogP contribution in [0.15, 0.2) is 60.7 Å². The molecule has 0 atom stereocenters. The monoisotopic (exact) mass is 380 g/mol. The molecule has 0 N–H and O–H groups in total. The number of ketones is 1. The Morgan fingerprint density at radius 3 is 2.43 bits per heavy atom. The summed E-state index contributed by atoms with van der Waals surface area (Å²) in [7, 11) is 0. The van der Waals surface area contributed by atoms with Crippen LogP contribution in [0.4, 0.5) is 0 Å². The number of ether oxygens (including phenoxy) is 1. The van der Waals surface area contributed by atoms with Crippen LogP contribution < -0.4 is 0 Å². The van der Waals surface area contributed by atoms with Gasteiger partial charge in [-0.2, -0.15) is 0 Å². The summed E-state index contributed by atoms with van der Waals surface area (Å²) in [5, 5.41) is 0. The van der Waals surface area contributed by atoms with Gasteiger partial charge in [0.15, 0.2) is 5.78 Å². The van der Waals surface area contributed by atoms with E-state index in [0.29, 0.717) is 17.9 Å². The minimum Gasteiger partial charge on any atom is -0.459 e. The molecule has 1 fully saturated rings. The van der Waals surface area contributed by atoms with Crippen LogP contribution in [0.5, 0.6) is 0 Å². The smallest absolute Gasteiger partial charge is 0.338 e. The molecule has 0 spiro atoms. The van der Waals surface area contributed by atoms with Crippen LogP contribution in [-0.2, 0) is 9.53 Å². The number of aryl methyl sites for hydroxylation is 1. The normalized spacial score (nSPS) is 20.1. The third-order valence-corrected chi connectivity index (χ3v) is 5.29. The van der Waals surface area contributed by atoms with E-state index in [1.165, 1.54) is 5.56 Å². The standard InChI is InChI=1S/C25H32O3/c1-4-6-8-22(7-5-2)25(27)28-23-16-11-20(12-17-23)13-18-24(26)21-14-9-19(3)10-15-21/h5-10,14-15,20,23H,2,4,11-13,16-18H2,1,3H3/b8-6-,22-7+. The van der Waals surface area contributed by atoms with Crippen molar-refractivity contribution in [1.29, 1.82) is 0 Å². The van der Waals surface area contributed by atoms with E-state index in [0.717, 1.165) is 44.1 Å². The van der Waals surface area contributed by atoms with Crippen molar-refractivity contribution in [1.82, 2.24) is 0 Å². The molecule has 1 aliphatic rings. The van der Waals surface area contributed by atoms with Gasteiger partial charge in [0, 0.05) is 12.0 Å². The highest BCUT2D eigenvalue weighted by Crippen LogP contribution is 2.30. The minimum atomic E-state index is -0.275. The highest BCUT2D eigenvalue weighted by molar-refractivity contribution is 5.96. The van der Waals surface area contributed by atoms with Crippen molar-refractivity contribution in [2.24, 2.45) is 5.92 Å². The first-order valence-corrected chi connectivity index (χ1v) is 10.3. The van der Waals surface area contributed by atoms with Gasteiger partial charge in [-0.1, -0.05) is 61.6 Å². The first-order chi connectivity index (χ1) is 13.5. The number of carbonyl (C=O) groups is 2. The Morgan fingerprint density at radius 2 is 1.82 bits per heavy atom. The molecule has 0 bridgehead atoms. The van der Waals surface area contributed by atoms with Gasteiger partial charge in [0.05, 0.1) is 5.57 Å². The van der Waals surface area contributed by atoms with Crippen LogP contribution >= 0.6 is 0 Å². The lowest BCUT2D eigenvalue weighted by molar-refractivity contribution is -0.145. The van der Waals surface area contributed by atoms with Crippen molar-refractivity contribution in [3.63, 3.8) is 0 Å². The van der Waals surface area contributed by atoms with Gasteiger partial charge in [-0.15, -0.1) is 0 Å². The summed E-state index contributed by atoms with van der Waals surface area (Å²) in [6.45, 7) is 7.71. The third-order valence-electron chi connectivity index (χ3n) is 5.29. The Labute approximate surface area is 169 Å². The molecule has 0 heterocycles. The number of esters is 1. The topological polar surface area (TPSA) is 43.4 Å². The summed E-state index contributed by atoms with van der Waals surface area (Å²) in [6.07, 6.45) is 13.1. The number of benzene rings is 1. The Morgan fingerprint density at radius 1 is 1.14 bits per heavy atom. The molecular formula is C25H32O3. The highest BCUT2D eigenvalue weighted by Gasteiger charge is 2.25. The Kier molecular flexibility index (Phi) is 8.93. The predicted octanol–water partition coefficient (Wildman–Crippen LogP) is 6.14. The minimum absolute atomic E-state index is 0.0280.